The predicted octanol–water partition coefficient (Wildman–Crippen LogP) is 6.09. The Kier molecular flexibility index (Phi) is 7.59. The van der Waals surface area contributed by atoms with E-state index in [1.165, 1.54) is 4.57 Å². The molecule has 0 saturated heterocycles. The van der Waals surface area contributed by atoms with Crippen LogP contribution in [0.25, 0.3) is 22.4 Å². The predicted molar refractivity (Wildman–Crippen MR) is 141 cm³/mol. The van der Waals surface area contributed by atoms with Gasteiger partial charge in [-0.25, -0.2) is 0 Å². The van der Waals surface area contributed by atoms with Gasteiger partial charge in [-0.3, -0.25) is 9.59 Å². The number of halogens is 2. The van der Waals surface area contributed by atoms with Crippen LogP contribution in [0.3, 0.4) is 0 Å². The molecule has 0 fully saturated rings. The summed E-state index contributed by atoms with van der Waals surface area (Å²) in [6, 6.07) is 24.6. The lowest BCUT2D eigenvalue weighted by atomic mass is 10.0. The number of aromatic nitrogens is 1. The molecule has 7 heteroatoms. The number of nitrogens with one attached hydrogen (secondary N) is 1. The Labute approximate surface area is 213 Å². The van der Waals surface area contributed by atoms with Crippen LogP contribution in [-0.4, -0.2) is 22.1 Å². The van der Waals surface area contributed by atoms with Crippen LogP contribution in [0.4, 0.5) is 0 Å². The third kappa shape index (κ3) is 5.59. The molecule has 0 radical (unpaired) electrons. The molecule has 0 unspecified atom stereocenters. The lowest BCUT2D eigenvalue weighted by Crippen LogP contribution is -2.28. The minimum atomic E-state index is -0.629. The second kappa shape index (κ2) is 10.8. The number of aryl methyl sites for hydroxylation is 1. The van der Waals surface area contributed by atoms with Crippen molar-refractivity contribution in [2.75, 3.05) is 6.54 Å². The van der Waals surface area contributed by atoms with E-state index in [9.17, 15) is 14.7 Å². The Morgan fingerprint density at radius 3 is 2.23 bits per heavy atom. The highest BCUT2D eigenvalue weighted by atomic mass is 35.5. The normalized spacial score (nSPS) is 10.8. The Bertz CT molecular complexity index is 1420. The molecule has 0 aliphatic rings. The zero-order valence-electron chi connectivity index (χ0n) is 19.1. The van der Waals surface area contributed by atoms with Crippen molar-refractivity contribution in [3.63, 3.8) is 0 Å². The fourth-order valence-corrected chi connectivity index (χ4v) is 4.20. The van der Waals surface area contributed by atoms with Crippen LogP contribution in [0.2, 0.25) is 10.0 Å². The quantitative estimate of drug-likeness (QED) is 0.297. The first-order valence-electron chi connectivity index (χ1n) is 11.2. The molecule has 0 atom stereocenters. The molecule has 4 rings (SSSR count). The summed E-state index contributed by atoms with van der Waals surface area (Å²) in [4.78, 5) is 25.5. The second-order valence-electron chi connectivity index (χ2n) is 8.21. The number of aromatic hydroxyl groups is 1. The second-order valence-corrected chi connectivity index (χ2v) is 9.02. The van der Waals surface area contributed by atoms with Crippen molar-refractivity contribution in [3.8, 4) is 28.1 Å². The van der Waals surface area contributed by atoms with Gasteiger partial charge in [0, 0.05) is 13.6 Å². The van der Waals surface area contributed by atoms with Crippen molar-refractivity contribution in [3.05, 3.63) is 110 Å². The Morgan fingerprint density at radius 2 is 1.54 bits per heavy atom. The van der Waals surface area contributed by atoms with Gasteiger partial charge >= 0.3 is 0 Å². The Morgan fingerprint density at radius 1 is 0.886 bits per heavy atom. The van der Waals surface area contributed by atoms with Crippen LogP contribution < -0.4 is 10.9 Å². The molecule has 0 saturated carbocycles. The number of hydrogen-bond acceptors (Lipinski definition) is 3. The molecule has 0 spiro atoms. The van der Waals surface area contributed by atoms with Gasteiger partial charge in [-0.2, -0.15) is 0 Å². The van der Waals surface area contributed by atoms with Gasteiger partial charge < -0.3 is 15.0 Å². The number of hydrogen-bond donors (Lipinski definition) is 2. The third-order valence-corrected chi connectivity index (χ3v) is 6.59. The van der Waals surface area contributed by atoms with Crippen molar-refractivity contribution in [2.24, 2.45) is 7.05 Å². The van der Waals surface area contributed by atoms with Crippen LogP contribution in [0.5, 0.6) is 5.75 Å². The largest absolute Gasteiger partial charge is 0.502 e. The fraction of sp³-hybridized carbons (Fsp3) is 0.143. The minimum absolute atomic E-state index is 0.0511. The molecule has 1 aromatic heterocycles. The van der Waals surface area contributed by atoms with Crippen LogP contribution >= 0.6 is 23.2 Å². The number of benzene rings is 3. The van der Waals surface area contributed by atoms with E-state index in [1.807, 2.05) is 60.7 Å². The third-order valence-electron chi connectivity index (χ3n) is 5.85. The first-order chi connectivity index (χ1) is 16.8. The first-order valence-corrected chi connectivity index (χ1v) is 11.9. The lowest BCUT2D eigenvalue weighted by Gasteiger charge is -2.13. The molecule has 0 aliphatic heterocycles. The Hall–Kier alpha value is -3.54. The van der Waals surface area contributed by atoms with E-state index in [4.69, 9.17) is 23.2 Å². The summed E-state index contributed by atoms with van der Waals surface area (Å²) >= 11 is 12.0. The van der Waals surface area contributed by atoms with Gasteiger partial charge in [0.2, 0.25) is 0 Å². The molecular weight excluding hydrogens is 483 g/mol. The van der Waals surface area contributed by atoms with Gasteiger partial charge in [-0.1, -0.05) is 83.9 Å². The van der Waals surface area contributed by atoms with Gasteiger partial charge in [-0.05, 0) is 53.3 Å². The SMILES string of the molecule is Cn1c(-c2ccc(-c3ccccc3)cc2)cc(C(=O)NCCCc2ccc(Cl)c(Cl)c2)c(O)c1=O. The maximum absolute atomic E-state index is 12.8. The molecule has 0 aliphatic carbocycles. The monoisotopic (exact) mass is 506 g/mol. The highest BCUT2D eigenvalue weighted by Gasteiger charge is 2.18. The summed E-state index contributed by atoms with van der Waals surface area (Å²) in [6.45, 7) is 0.370. The van der Waals surface area contributed by atoms with Crippen LogP contribution in [0.1, 0.15) is 22.3 Å². The molecule has 3 aromatic carbocycles. The smallest absolute Gasteiger partial charge is 0.293 e. The molecule has 4 aromatic rings. The van der Waals surface area contributed by atoms with E-state index >= 15 is 0 Å². The van der Waals surface area contributed by atoms with E-state index in [-0.39, 0.29) is 5.56 Å². The van der Waals surface area contributed by atoms with Crippen molar-refractivity contribution < 1.29 is 9.90 Å². The molecule has 35 heavy (non-hydrogen) atoms. The number of pyridine rings is 1. The molecule has 1 heterocycles. The van der Waals surface area contributed by atoms with Gasteiger partial charge in [0.15, 0.2) is 5.75 Å². The summed E-state index contributed by atoms with van der Waals surface area (Å²) in [5.41, 5.74) is 3.75. The van der Waals surface area contributed by atoms with Crippen molar-refractivity contribution in [1.29, 1.82) is 0 Å². The van der Waals surface area contributed by atoms with Crippen molar-refractivity contribution in [1.82, 2.24) is 9.88 Å². The van der Waals surface area contributed by atoms with E-state index < -0.39 is 17.2 Å². The van der Waals surface area contributed by atoms with E-state index in [0.29, 0.717) is 35.1 Å². The molecule has 178 valence electrons. The van der Waals surface area contributed by atoms with Crippen molar-refractivity contribution in [2.45, 2.75) is 12.8 Å². The number of carbonyl (C=O) groups excluding carboxylic acids is 1. The summed E-state index contributed by atoms with van der Waals surface area (Å²) in [7, 11) is 1.57. The van der Waals surface area contributed by atoms with Gasteiger partial charge in [0.1, 0.15) is 0 Å². The average molecular weight is 507 g/mol. The minimum Gasteiger partial charge on any atom is -0.502 e. The van der Waals surface area contributed by atoms with Crippen LogP contribution in [0.15, 0.2) is 83.7 Å². The highest BCUT2D eigenvalue weighted by molar-refractivity contribution is 6.42. The number of nitrogens with zero attached hydrogens (tertiary/aromatic N) is 1. The number of amides is 1. The van der Waals surface area contributed by atoms with E-state index in [2.05, 4.69) is 5.32 Å². The molecule has 0 bridgehead atoms. The van der Waals surface area contributed by atoms with Crippen molar-refractivity contribution >= 4 is 29.1 Å². The topological polar surface area (TPSA) is 71.3 Å². The number of rotatable bonds is 7. The Balaban J connectivity index is 1.49. The molecular formula is C28H24Cl2N2O3. The van der Waals surface area contributed by atoms with Gasteiger partial charge in [0.05, 0.1) is 21.3 Å². The van der Waals surface area contributed by atoms with Gasteiger partial charge in [0.25, 0.3) is 11.5 Å². The molecule has 5 nitrogen and oxygen atoms in total. The summed E-state index contributed by atoms with van der Waals surface area (Å²) in [6.07, 6.45) is 1.35. The fourth-order valence-electron chi connectivity index (χ4n) is 3.88. The first kappa shape index (κ1) is 24.6. The van der Waals surface area contributed by atoms with E-state index in [0.717, 1.165) is 22.3 Å². The summed E-state index contributed by atoms with van der Waals surface area (Å²) in [5.74, 6) is -1.07. The maximum Gasteiger partial charge on any atom is 0.293 e. The standard InChI is InChI=1S/C28H24Cl2N2O3/c1-32-25(21-12-10-20(11-13-21)19-7-3-2-4-8-19)17-22(26(33)28(32)35)27(34)31-15-5-6-18-9-14-23(29)24(30)16-18/h2-4,7-14,16-17,33H,5-6,15H2,1H3,(H,31,34). The van der Waals surface area contributed by atoms with Crippen LogP contribution in [-0.2, 0) is 13.5 Å². The molecule has 1 amide bonds. The molecule has 2 N–H and O–H groups in total. The zero-order chi connectivity index (χ0) is 24.9. The van der Waals surface area contributed by atoms with Gasteiger partial charge in [-0.15, -0.1) is 0 Å². The highest BCUT2D eigenvalue weighted by Crippen LogP contribution is 2.26. The average Bonchev–Trinajstić information content (AvgIpc) is 2.88. The van der Waals surface area contributed by atoms with Crippen LogP contribution in [0, 0.1) is 0 Å². The summed E-state index contributed by atoms with van der Waals surface area (Å²) < 4.78 is 1.34. The maximum atomic E-state index is 12.8. The number of carbonyl (C=O) groups is 1. The zero-order valence-corrected chi connectivity index (χ0v) is 20.6. The lowest BCUT2D eigenvalue weighted by molar-refractivity contribution is 0.0950. The van der Waals surface area contributed by atoms with E-state index in [1.54, 1.807) is 25.2 Å². The summed E-state index contributed by atoms with van der Waals surface area (Å²) in [5, 5.41) is 14.2.